The molecular weight excluding hydrogens is 264 g/mol. The molecule has 0 aromatic heterocycles. The summed E-state index contributed by atoms with van der Waals surface area (Å²) in [5, 5.41) is 12.0. The molecule has 0 saturated carbocycles. The van der Waals surface area contributed by atoms with Gasteiger partial charge in [-0.05, 0) is 50.4 Å². The molecule has 108 valence electrons. The highest BCUT2D eigenvalue weighted by molar-refractivity contribution is 5.35. The molecule has 4 heteroatoms. The van der Waals surface area contributed by atoms with Crippen molar-refractivity contribution in [3.63, 3.8) is 0 Å². The van der Waals surface area contributed by atoms with Crippen LogP contribution in [0.15, 0.2) is 54.6 Å². The second kappa shape index (κ2) is 6.78. The van der Waals surface area contributed by atoms with Crippen molar-refractivity contribution in [3.05, 3.63) is 54.6 Å². The molecule has 2 rings (SSSR count). The number of likely N-dealkylation sites (N-methyl/N-ethyl adjacent to an activating group) is 1. The Kier molecular flexibility index (Phi) is 4.81. The predicted molar refractivity (Wildman–Crippen MR) is 81.5 cm³/mol. The van der Waals surface area contributed by atoms with Crippen LogP contribution >= 0.6 is 0 Å². The summed E-state index contributed by atoms with van der Waals surface area (Å²) in [6, 6.07) is 19.1. The molecule has 0 amide bonds. The molecule has 1 atom stereocenters. The largest absolute Gasteiger partial charge is 0.491 e. The van der Waals surface area contributed by atoms with Crippen molar-refractivity contribution in [2.75, 3.05) is 13.7 Å². The Labute approximate surface area is 124 Å². The lowest BCUT2D eigenvalue weighted by Crippen LogP contribution is -2.43. The number of para-hydroxylation sites is 1. The first kappa shape index (κ1) is 14.9. The molecule has 2 aromatic carbocycles. The molecule has 1 N–H and O–H groups in total. The molecule has 0 aliphatic carbocycles. The smallest absolute Gasteiger partial charge is 0.137 e. The van der Waals surface area contributed by atoms with Crippen molar-refractivity contribution < 1.29 is 9.47 Å². The van der Waals surface area contributed by atoms with Gasteiger partial charge in [0.05, 0.1) is 6.07 Å². The summed E-state index contributed by atoms with van der Waals surface area (Å²) in [4.78, 5) is 0. The van der Waals surface area contributed by atoms with E-state index in [2.05, 4.69) is 11.4 Å². The van der Waals surface area contributed by atoms with Gasteiger partial charge >= 0.3 is 0 Å². The first-order valence-electron chi connectivity index (χ1n) is 6.71. The van der Waals surface area contributed by atoms with Gasteiger partial charge in [-0.15, -0.1) is 0 Å². The van der Waals surface area contributed by atoms with Gasteiger partial charge in [-0.2, -0.15) is 5.26 Å². The number of ether oxygens (including phenoxy) is 2. The lowest BCUT2D eigenvalue weighted by molar-refractivity contribution is 0.242. The number of hydrogen-bond donors (Lipinski definition) is 1. The van der Waals surface area contributed by atoms with Gasteiger partial charge in [-0.25, -0.2) is 0 Å². The first-order chi connectivity index (χ1) is 10.1. The molecular formula is C17H18N2O2. The van der Waals surface area contributed by atoms with Crippen LogP contribution in [-0.4, -0.2) is 19.2 Å². The second-order valence-electron chi connectivity index (χ2n) is 4.87. The Morgan fingerprint density at radius 1 is 1.00 bits per heavy atom. The van der Waals surface area contributed by atoms with Crippen LogP contribution in [0.5, 0.6) is 17.2 Å². The Balaban J connectivity index is 1.95. The number of nitrogens with one attached hydrogen (secondary N) is 1. The van der Waals surface area contributed by atoms with Crippen LogP contribution in [-0.2, 0) is 0 Å². The zero-order valence-electron chi connectivity index (χ0n) is 12.2. The zero-order chi connectivity index (χ0) is 15.1. The maximum absolute atomic E-state index is 9.06. The summed E-state index contributed by atoms with van der Waals surface area (Å²) in [6.07, 6.45) is 0. The van der Waals surface area contributed by atoms with E-state index >= 15 is 0 Å². The van der Waals surface area contributed by atoms with Crippen LogP contribution in [0.2, 0.25) is 0 Å². The molecule has 4 nitrogen and oxygen atoms in total. The van der Waals surface area contributed by atoms with Crippen LogP contribution in [0.4, 0.5) is 0 Å². The number of nitriles is 1. The fraction of sp³-hybridized carbons (Fsp3) is 0.235. The third kappa shape index (κ3) is 4.23. The summed E-state index contributed by atoms with van der Waals surface area (Å²) in [7, 11) is 1.74. The first-order valence-corrected chi connectivity index (χ1v) is 6.71. The quantitative estimate of drug-likeness (QED) is 0.882. The topological polar surface area (TPSA) is 54.3 Å². The van der Waals surface area contributed by atoms with Crippen LogP contribution in [0.1, 0.15) is 6.92 Å². The third-order valence-electron chi connectivity index (χ3n) is 3.13. The van der Waals surface area contributed by atoms with Gasteiger partial charge in [-0.1, -0.05) is 18.2 Å². The standard InChI is InChI=1S/C17H18N2O2/c1-17(12-18,19-2)13-20-14-8-10-16(11-9-14)21-15-6-4-3-5-7-15/h3-11,19H,13H2,1-2H3. The average molecular weight is 282 g/mol. The summed E-state index contributed by atoms with van der Waals surface area (Å²) in [5.41, 5.74) is -0.695. The maximum atomic E-state index is 9.06. The molecule has 0 heterocycles. The number of benzene rings is 2. The van der Waals surface area contributed by atoms with Crippen LogP contribution in [0.25, 0.3) is 0 Å². The van der Waals surface area contributed by atoms with E-state index in [-0.39, 0.29) is 6.61 Å². The monoisotopic (exact) mass is 282 g/mol. The summed E-state index contributed by atoms with van der Waals surface area (Å²) >= 11 is 0. The van der Waals surface area contributed by atoms with Crippen molar-refractivity contribution >= 4 is 0 Å². The van der Waals surface area contributed by atoms with E-state index in [9.17, 15) is 0 Å². The van der Waals surface area contributed by atoms with Gasteiger partial charge in [0, 0.05) is 0 Å². The normalized spacial score (nSPS) is 13.0. The van der Waals surface area contributed by atoms with Gasteiger partial charge in [-0.3, -0.25) is 5.32 Å². The lowest BCUT2D eigenvalue weighted by Gasteiger charge is -2.20. The van der Waals surface area contributed by atoms with Crippen LogP contribution < -0.4 is 14.8 Å². The van der Waals surface area contributed by atoms with Gasteiger partial charge in [0.25, 0.3) is 0 Å². The highest BCUT2D eigenvalue weighted by Crippen LogP contribution is 2.23. The predicted octanol–water partition coefficient (Wildman–Crippen LogP) is 3.36. The molecule has 0 radical (unpaired) electrons. The molecule has 1 unspecified atom stereocenters. The van der Waals surface area contributed by atoms with Crippen molar-refractivity contribution in [1.82, 2.24) is 5.32 Å². The lowest BCUT2D eigenvalue weighted by atomic mass is 10.1. The van der Waals surface area contributed by atoms with Gasteiger partial charge < -0.3 is 9.47 Å². The van der Waals surface area contributed by atoms with Crippen molar-refractivity contribution in [1.29, 1.82) is 5.26 Å². The third-order valence-corrected chi connectivity index (χ3v) is 3.13. The molecule has 2 aromatic rings. The van der Waals surface area contributed by atoms with Crippen molar-refractivity contribution in [3.8, 4) is 23.3 Å². The highest BCUT2D eigenvalue weighted by atomic mass is 16.5. The van der Waals surface area contributed by atoms with E-state index in [1.165, 1.54) is 0 Å². The minimum Gasteiger partial charge on any atom is -0.491 e. The number of hydrogen-bond acceptors (Lipinski definition) is 4. The van der Waals surface area contributed by atoms with Gasteiger partial charge in [0.2, 0.25) is 0 Å². The number of rotatable bonds is 6. The molecule has 0 fully saturated rings. The molecule has 0 saturated heterocycles. The van der Waals surface area contributed by atoms with E-state index in [4.69, 9.17) is 14.7 Å². The van der Waals surface area contributed by atoms with Gasteiger partial charge in [0.1, 0.15) is 29.4 Å². The molecule has 0 bridgehead atoms. The SMILES string of the molecule is CNC(C)(C#N)COc1ccc(Oc2ccccc2)cc1. The van der Waals surface area contributed by atoms with Crippen LogP contribution in [0.3, 0.4) is 0 Å². The molecule has 0 aliphatic rings. The molecule has 0 aliphatic heterocycles. The van der Waals surface area contributed by atoms with E-state index in [1.54, 1.807) is 14.0 Å². The molecule has 0 spiro atoms. The Hall–Kier alpha value is -2.51. The van der Waals surface area contributed by atoms with E-state index in [1.807, 2.05) is 54.6 Å². The van der Waals surface area contributed by atoms with Crippen molar-refractivity contribution in [2.45, 2.75) is 12.5 Å². The second-order valence-corrected chi connectivity index (χ2v) is 4.87. The van der Waals surface area contributed by atoms with Crippen molar-refractivity contribution in [2.24, 2.45) is 0 Å². The Morgan fingerprint density at radius 3 is 2.14 bits per heavy atom. The fourth-order valence-corrected chi connectivity index (χ4v) is 1.62. The van der Waals surface area contributed by atoms with E-state index in [0.29, 0.717) is 5.75 Å². The van der Waals surface area contributed by atoms with Crippen LogP contribution in [0, 0.1) is 11.3 Å². The highest BCUT2D eigenvalue weighted by Gasteiger charge is 2.21. The van der Waals surface area contributed by atoms with Gasteiger partial charge in [0.15, 0.2) is 0 Å². The number of nitrogens with zero attached hydrogens (tertiary/aromatic N) is 1. The van der Waals surface area contributed by atoms with E-state index in [0.717, 1.165) is 11.5 Å². The summed E-state index contributed by atoms with van der Waals surface area (Å²) < 4.78 is 11.3. The fourth-order valence-electron chi connectivity index (χ4n) is 1.62. The summed E-state index contributed by atoms with van der Waals surface area (Å²) in [6.45, 7) is 2.07. The Morgan fingerprint density at radius 2 is 1.57 bits per heavy atom. The zero-order valence-corrected chi connectivity index (χ0v) is 12.2. The minimum absolute atomic E-state index is 0.277. The summed E-state index contributed by atoms with van der Waals surface area (Å²) in [5.74, 6) is 2.23. The Bertz CT molecular complexity index is 605. The average Bonchev–Trinajstić information content (AvgIpc) is 2.55. The van der Waals surface area contributed by atoms with E-state index < -0.39 is 5.54 Å². The molecule has 21 heavy (non-hydrogen) atoms. The maximum Gasteiger partial charge on any atom is 0.137 e. The minimum atomic E-state index is -0.695.